The molecule has 4 unspecified atom stereocenters. The van der Waals surface area contributed by atoms with Crippen molar-refractivity contribution in [1.29, 1.82) is 0 Å². The SMILES string of the molecule is CCC(C)Oc1ccccc1-c1ccc2c(c1)C(C1CCN3CCCC3C1)C(=S)N2. The van der Waals surface area contributed by atoms with Gasteiger partial charge < -0.3 is 15.0 Å². The molecule has 4 heteroatoms. The Morgan fingerprint density at radius 1 is 1.17 bits per heavy atom. The van der Waals surface area contributed by atoms with E-state index in [4.69, 9.17) is 17.0 Å². The van der Waals surface area contributed by atoms with Crippen LogP contribution in [0.2, 0.25) is 0 Å². The van der Waals surface area contributed by atoms with Gasteiger partial charge in [-0.15, -0.1) is 0 Å². The molecular weight excluding hydrogens is 388 g/mol. The third-order valence-corrected chi connectivity index (χ3v) is 7.72. The predicted octanol–water partition coefficient (Wildman–Crippen LogP) is 6.24. The van der Waals surface area contributed by atoms with E-state index in [1.165, 1.54) is 61.2 Å². The molecule has 0 aromatic heterocycles. The summed E-state index contributed by atoms with van der Waals surface area (Å²) in [5, 5.41) is 3.53. The van der Waals surface area contributed by atoms with Crippen molar-refractivity contribution in [2.45, 2.75) is 64.0 Å². The van der Waals surface area contributed by atoms with Crippen LogP contribution in [0.3, 0.4) is 0 Å². The fraction of sp³-hybridized carbons (Fsp3) is 0.500. The van der Waals surface area contributed by atoms with Crippen LogP contribution in [0.25, 0.3) is 11.1 Å². The van der Waals surface area contributed by atoms with Crippen LogP contribution in [0.1, 0.15) is 57.4 Å². The van der Waals surface area contributed by atoms with Gasteiger partial charge in [0, 0.05) is 23.2 Å². The van der Waals surface area contributed by atoms with Gasteiger partial charge in [0.2, 0.25) is 0 Å². The molecule has 4 atom stereocenters. The summed E-state index contributed by atoms with van der Waals surface area (Å²) in [5.41, 5.74) is 4.97. The summed E-state index contributed by atoms with van der Waals surface area (Å²) >= 11 is 5.86. The van der Waals surface area contributed by atoms with Crippen LogP contribution in [-0.2, 0) is 0 Å². The molecule has 0 spiro atoms. The van der Waals surface area contributed by atoms with E-state index in [9.17, 15) is 0 Å². The van der Waals surface area contributed by atoms with E-state index in [2.05, 4.69) is 66.5 Å². The molecule has 0 bridgehead atoms. The Hall–Kier alpha value is -1.91. The first-order valence-corrected chi connectivity index (χ1v) is 12.0. The fourth-order valence-electron chi connectivity index (χ4n) is 5.59. The lowest BCUT2D eigenvalue weighted by molar-refractivity contribution is 0.149. The standard InChI is InChI=1S/C26H32N2OS/c1-3-17(2)29-24-9-5-4-8-21(24)18-10-11-23-22(16-18)25(26(30)27-23)19-12-14-28-13-6-7-20(28)15-19/h4-5,8-11,16-17,19-20,25H,3,6-7,12-15H2,1-2H3,(H,27,30). The van der Waals surface area contributed by atoms with E-state index in [0.717, 1.165) is 23.2 Å². The molecular formula is C26H32N2OS. The second-order valence-corrected chi connectivity index (χ2v) is 9.66. The highest BCUT2D eigenvalue weighted by Crippen LogP contribution is 2.46. The first-order valence-electron chi connectivity index (χ1n) is 11.6. The lowest BCUT2D eigenvalue weighted by Crippen LogP contribution is -2.40. The number of benzene rings is 2. The summed E-state index contributed by atoms with van der Waals surface area (Å²) in [4.78, 5) is 3.71. The maximum absolute atomic E-state index is 6.23. The number of piperidine rings is 1. The Balaban J connectivity index is 1.46. The maximum Gasteiger partial charge on any atom is 0.127 e. The van der Waals surface area contributed by atoms with Crippen molar-refractivity contribution in [3.8, 4) is 16.9 Å². The number of ether oxygens (including phenoxy) is 1. The minimum Gasteiger partial charge on any atom is -0.490 e. The predicted molar refractivity (Wildman–Crippen MR) is 129 cm³/mol. The summed E-state index contributed by atoms with van der Waals surface area (Å²) in [7, 11) is 0. The van der Waals surface area contributed by atoms with Gasteiger partial charge in [-0.1, -0.05) is 43.4 Å². The van der Waals surface area contributed by atoms with Gasteiger partial charge in [-0.3, -0.25) is 0 Å². The van der Waals surface area contributed by atoms with Gasteiger partial charge in [-0.2, -0.15) is 0 Å². The number of rotatable bonds is 5. The largest absolute Gasteiger partial charge is 0.490 e. The van der Waals surface area contributed by atoms with Crippen molar-refractivity contribution in [1.82, 2.24) is 4.90 Å². The Kier molecular flexibility index (Phi) is 5.55. The molecule has 2 aromatic rings. The van der Waals surface area contributed by atoms with Gasteiger partial charge in [0.05, 0.1) is 11.1 Å². The quantitative estimate of drug-likeness (QED) is 0.579. The minimum atomic E-state index is 0.208. The molecule has 0 aliphatic carbocycles. The smallest absolute Gasteiger partial charge is 0.127 e. The normalized spacial score (nSPS) is 26.7. The van der Waals surface area contributed by atoms with Crippen molar-refractivity contribution >= 4 is 22.9 Å². The summed E-state index contributed by atoms with van der Waals surface area (Å²) < 4.78 is 6.23. The number of anilines is 1. The molecule has 3 aliphatic rings. The van der Waals surface area contributed by atoms with Crippen LogP contribution in [0.5, 0.6) is 5.75 Å². The topological polar surface area (TPSA) is 24.5 Å². The van der Waals surface area contributed by atoms with Gasteiger partial charge in [0.25, 0.3) is 0 Å². The van der Waals surface area contributed by atoms with Crippen molar-refractivity contribution in [2.24, 2.45) is 5.92 Å². The zero-order valence-corrected chi connectivity index (χ0v) is 18.9. The summed E-state index contributed by atoms with van der Waals surface area (Å²) in [5.74, 6) is 1.96. The van der Waals surface area contributed by atoms with Gasteiger partial charge >= 0.3 is 0 Å². The van der Waals surface area contributed by atoms with Crippen molar-refractivity contribution < 1.29 is 4.74 Å². The second kappa shape index (κ2) is 8.32. The lowest BCUT2D eigenvalue weighted by Gasteiger charge is -2.37. The number of para-hydroxylation sites is 1. The van der Waals surface area contributed by atoms with Crippen molar-refractivity contribution in [2.75, 3.05) is 18.4 Å². The van der Waals surface area contributed by atoms with E-state index in [-0.39, 0.29) is 6.10 Å². The zero-order valence-electron chi connectivity index (χ0n) is 18.1. The Morgan fingerprint density at radius 3 is 2.90 bits per heavy atom. The average Bonchev–Trinajstić information content (AvgIpc) is 3.36. The Labute approximate surface area is 185 Å². The molecule has 0 amide bonds. The van der Waals surface area contributed by atoms with Crippen molar-refractivity contribution in [3.05, 3.63) is 48.0 Å². The molecule has 30 heavy (non-hydrogen) atoms. The molecule has 3 aliphatic heterocycles. The molecule has 0 saturated carbocycles. The first-order chi connectivity index (χ1) is 14.6. The highest BCUT2D eigenvalue weighted by Gasteiger charge is 2.40. The molecule has 3 nitrogen and oxygen atoms in total. The van der Waals surface area contributed by atoms with Crippen LogP contribution in [0, 0.1) is 5.92 Å². The minimum absolute atomic E-state index is 0.208. The molecule has 0 radical (unpaired) electrons. The van der Waals surface area contributed by atoms with E-state index in [1.807, 2.05) is 0 Å². The summed E-state index contributed by atoms with van der Waals surface area (Å²) in [6.07, 6.45) is 6.46. The van der Waals surface area contributed by atoms with Crippen LogP contribution in [-0.4, -0.2) is 35.1 Å². The molecule has 2 fully saturated rings. The average molecular weight is 421 g/mol. The molecule has 1 N–H and O–H groups in total. The Morgan fingerprint density at radius 2 is 2.03 bits per heavy atom. The molecule has 5 rings (SSSR count). The van der Waals surface area contributed by atoms with Crippen LogP contribution in [0.4, 0.5) is 5.69 Å². The van der Waals surface area contributed by atoms with E-state index < -0.39 is 0 Å². The second-order valence-electron chi connectivity index (χ2n) is 9.22. The summed E-state index contributed by atoms with van der Waals surface area (Å²) in [6.45, 7) is 6.82. The number of hydrogen-bond acceptors (Lipinski definition) is 3. The van der Waals surface area contributed by atoms with E-state index in [0.29, 0.717) is 11.8 Å². The number of nitrogens with zero attached hydrogens (tertiary/aromatic N) is 1. The highest BCUT2D eigenvalue weighted by molar-refractivity contribution is 7.80. The third-order valence-electron chi connectivity index (χ3n) is 7.36. The Bertz CT molecular complexity index is 942. The van der Waals surface area contributed by atoms with E-state index in [1.54, 1.807) is 0 Å². The maximum atomic E-state index is 6.23. The fourth-order valence-corrected chi connectivity index (χ4v) is 6.02. The molecule has 3 heterocycles. The molecule has 2 saturated heterocycles. The van der Waals surface area contributed by atoms with Crippen LogP contribution >= 0.6 is 12.2 Å². The van der Waals surface area contributed by atoms with Gasteiger partial charge in [-0.25, -0.2) is 0 Å². The number of nitrogens with one attached hydrogen (secondary N) is 1. The van der Waals surface area contributed by atoms with Gasteiger partial charge in [0.1, 0.15) is 5.75 Å². The van der Waals surface area contributed by atoms with Crippen LogP contribution in [0.15, 0.2) is 42.5 Å². The monoisotopic (exact) mass is 420 g/mol. The van der Waals surface area contributed by atoms with Gasteiger partial charge in [0.15, 0.2) is 0 Å². The lowest BCUT2D eigenvalue weighted by atomic mass is 9.78. The molecule has 158 valence electrons. The molecule has 2 aromatic carbocycles. The van der Waals surface area contributed by atoms with Gasteiger partial charge in [-0.05, 0) is 87.4 Å². The summed E-state index contributed by atoms with van der Waals surface area (Å²) in [6, 6.07) is 16.0. The number of thiocarbonyl (C=S) groups is 1. The highest BCUT2D eigenvalue weighted by atomic mass is 32.1. The van der Waals surface area contributed by atoms with Crippen LogP contribution < -0.4 is 10.1 Å². The van der Waals surface area contributed by atoms with E-state index >= 15 is 0 Å². The number of hydrogen-bond donors (Lipinski definition) is 1. The van der Waals surface area contributed by atoms with Crippen molar-refractivity contribution in [3.63, 3.8) is 0 Å². The third kappa shape index (κ3) is 3.65. The first kappa shape index (κ1) is 20.0. The zero-order chi connectivity index (χ0) is 20.7. The number of fused-ring (bicyclic) bond motifs is 2.